The summed E-state index contributed by atoms with van der Waals surface area (Å²) in [6, 6.07) is 6.11. The average Bonchev–Trinajstić information content (AvgIpc) is 3.30. The molecule has 1 aromatic heterocycles. The molecule has 3 rings (SSSR count). The van der Waals surface area contributed by atoms with Crippen molar-refractivity contribution in [3.63, 3.8) is 0 Å². The summed E-state index contributed by atoms with van der Waals surface area (Å²) in [5.74, 6) is -0.163. The number of nitrogens with zero attached hydrogens (tertiary/aromatic N) is 2. The Morgan fingerprint density at radius 3 is 2.76 bits per heavy atom. The van der Waals surface area contributed by atoms with E-state index < -0.39 is 6.04 Å². The predicted molar refractivity (Wildman–Crippen MR) is 79.5 cm³/mol. The molecular formula is C15H15N3O3. The van der Waals surface area contributed by atoms with Gasteiger partial charge in [-0.15, -0.1) is 4.91 Å². The van der Waals surface area contributed by atoms with E-state index in [9.17, 15) is 14.5 Å². The molecule has 1 atom stereocenters. The topological polar surface area (TPSA) is 80.5 Å². The number of amides is 1. The highest BCUT2D eigenvalue weighted by atomic mass is 16.3. The first-order valence-electron chi connectivity index (χ1n) is 6.89. The Labute approximate surface area is 120 Å². The van der Waals surface area contributed by atoms with Crippen LogP contribution in [-0.4, -0.2) is 16.5 Å². The van der Waals surface area contributed by atoms with Crippen molar-refractivity contribution in [3.8, 4) is 0 Å². The van der Waals surface area contributed by atoms with Gasteiger partial charge in [0.15, 0.2) is 0 Å². The monoisotopic (exact) mass is 285 g/mol. The van der Waals surface area contributed by atoms with Crippen LogP contribution in [0.5, 0.6) is 0 Å². The van der Waals surface area contributed by atoms with Gasteiger partial charge < -0.3 is 9.88 Å². The van der Waals surface area contributed by atoms with Crippen LogP contribution in [0.2, 0.25) is 0 Å². The van der Waals surface area contributed by atoms with Crippen LogP contribution < -0.4 is 10.9 Å². The lowest BCUT2D eigenvalue weighted by atomic mass is 10.1. The molecule has 1 heterocycles. The zero-order chi connectivity index (χ0) is 15.0. The fraction of sp³-hybridized carbons (Fsp3) is 0.333. The van der Waals surface area contributed by atoms with E-state index in [0.717, 1.165) is 12.8 Å². The fourth-order valence-corrected chi connectivity index (χ4v) is 2.34. The fourth-order valence-electron chi connectivity index (χ4n) is 2.34. The number of hydrogen-bond acceptors (Lipinski definition) is 4. The van der Waals surface area contributed by atoms with Gasteiger partial charge in [-0.05, 0) is 43.1 Å². The summed E-state index contributed by atoms with van der Waals surface area (Å²) in [6.45, 7) is 1.69. The Bertz CT molecular complexity index is 777. The largest absolute Gasteiger partial charge is 0.352 e. The zero-order valence-electron chi connectivity index (χ0n) is 11.6. The maximum atomic E-state index is 12.5. The third kappa shape index (κ3) is 2.44. The summed E-state index contributed by atoms with van der Waals surface area (Å²) in [4.78, 5) is 35.3. The van der Waals surface area contributed by atoms with Gasteiger partial charge in [0.1, 0.15) is 11.7 Å². The molecule has 0 spiro atoms. The molecule has 21 heavy (non-hydrogen) atoms. The standard InChI is InChI=1S/C15H15N3O3/c1-9(14(19)16-10-5-6-10)18-8-7-11-12(15(18)20)3-2-4-13(11)17-21/h2-4,7-10H,5-6H2,1H3,(H,16,19)/t9-/m1/s1. The van der Waals surface area contributed by atoms with Gasteiger partial charge in [-0.25, -0.2) is 0 Å². The molecule has 6 nitrogen and oxygen atoms in total. The summed E-state index contributed by atoms with van der Waals surface area (Å²) in [6.07, 6.45) is 3.54. The molecule has 1 saturated carbocycles. The first-order chi connectivity index (χ1) is 10.1. The second kappa shape index (κ2) is 5.12. The van der Waals surface area contributed by atoms with E-state index in [4.69, 9.17) is 0 Å². The predicted octanol–water partition coefficient (Wildman–Crippen LogP) is 2.24. The molecule has 0 aliphatic heterocycles. The highest BCUT2D eigenvalue weighted by Gasteiger charge is 2.26. The minimum absolute atomic E-state index is 0.163. The van der Waals surface area contributed by atoms with Crippen LogP contribution in [0.4, 0.5) is 5.69 Å². The Hall–Kier alpha value is -2.50. The first kappa shape index (κ1) is 13.5. The van der Waals surface area contributed by atoms with Crippen molar-refractivity contribution in [1.82, 2.24) is 9.88 Å². The van der Waals surface area contributed by atoms with Crippen molar-refractivity contribution in [2.45, 2.75) is 31.8 Å². The Kier molecular flexibility index (Phi) is 3.29. The molecule has 1 aromatic carbocycles. The van der Waals surface area contributed by atoms with Crippen molar-refractivity contribution in [1.29, 1.82) is 0 Å². The molecule has 0 bridgehead atoms. The number of pyridine rings is 1. The maximum absolute atomic E-state index is 12.5. The molecule has 1 aliphatic rings. The van der Waals surface area contributed by atoms with Crippen LogP contribution in [0.15, 0.2) is 40.4 Å². The molecule has 108 valence electrons. The lowest BCUT2D eigenvalue weighted by molar-refractivity contribution is -0.124. The van der Waals surface area contributed by atoms with Crippen molar-refractivity contribution < 1.29 is 4.79 Å². The summed E-state index contributed by atoms with van der Waals surface area (Å²) in [7, 11) is 0. The number of nitroso groups, excluding NO2 is 1. The second-order valence-electron chi connectivity index (χ2n) is 5.32. The van der Waals surface area contributed by atoms with E-state index in [1.165, 1.54) is 10.8 Å². The van der Waals surface area contributed by atoms with Crippen molar-refractivity contribution in [3.05, 3.63) is 45.7 Å². The number of carbonyl (C=O) groups is 1. The minimum atomic E-state index is -0.588. The normalized spacial score (nSPS) is 15.7. The third-order valence-corrected chi connectivity index (χ3v) is 3.77. The van der Waals surface area contributed by atoms with Crippen LogP contribution in [0.1, 0.15) is 25.8 Å². The lowest BCUT2D eigenvalue weighted by Crippen LogP contribution is -2.36. The van der Waals surface area contributed by atoms with Crippen LogP contribution >= 0.6 is 0 Å². The van der Waals surface area contributed by atoms with Gasteiger partial charge in [-0.1, -0.05) is 6.07 Å². The highest BCUT2D eigenvalue weighted by Crippen LogP contribution is 2.24. The summed E-state index contributed by atoms with van der Waals surface area (Å²) >= 11 is 0. The highest BCUT2D eigenvalue weighted by molar-refractivity contribution is 5.92. The molecule has 0 unspecified atom stereocenters. The van der Waals surface area contributed by atoms with Crippen LogP contribution in [-0.2, 0) is 4.79 Å². The molecule has 1 aliphatic carbocycles. The van der Waals surface area contributed by atoms with E-state index in [1.54, 1.807) is 31.2 Å². The van der Waals surface area contributed by atoms with Gasteiger partial charge in [0.2, 0.25) is 5.91 Å². The van der Waals surface area contributed by atoms with Crippen molar-refractivity contribution >= 4 is 22.4 Å². The van der Waals surface area contributed by atoms with Crippen LogP contribution in [0.3, 0.4) is 0 Å². The molecule has 0 radical (unpaired) electrons. The maximum Gasteiger partial charge on any atom is 0.259 e. The molecule has 1 fully saturated rings. The number of fused-ring (bicyclic) bond motifs is 1. The molecular weight excluding hydrogens is 270 g/mol. The number of aromatic nitrogens is 1. The number of nitrogens with one attached hydrogen (secondary N) is 1. The van der Waals surface area contributed by atoms with E-state index in [1.807, 2.05) is 0 Å². The number of rotatable bonds is 4. The first-order valence-corrected chi connectivity index (χ1v) is 6.89. The third-order valence-electron chi connectivity index (χ3n) is 3.77. The smallest absolute Gasteiger partial charge is 0.259 e. The van der Waals surface area contributed by atoms with E-state index in [-0.39, 0.29) is 23.2 Å². The average molecular weight is 285 g/mol. The Balaban J connectivity index is 2.03. The molecule has 1 N–H and O–H groups in total. The van der Waals surface area contributed by atoms with Crippen LogP contribution in [0, 0.1) is 4.91 Å². The Morgan fingerprint density at radius 2 is 2.10 bits per heavy atom. The van der Waals surface area contributed by atoms with E-state index >= 15 is 0 Å². The molecule has 1 amide bonds. The summed E-state index contributed by atoms with van der Waals surface area (Å²) in [5, 5.41) is 6.70. The zero-order valence-corrected chi connectivity index (χ0v) is 11.6. The number of benzene rings is 1. The van der Waals surface area contributed by atoms with Gasteiger partial charge in [0, 0.05) is 23.0 Å². The van der Waals surface area contributed by atoms with Gasteiger partial charge in [0.25, 0.3) is 5.56 Å². The van der Waals surface area contributed by atoms with Crippen LogP contribution in [0.25, 0.3) is 10.8 Å². The molecule has 6 heteroatoms. The summed E-state index contributed by atoms with van der Waals surface area (Å²) < 4.78 is 1.38. The quantitative estimate of drug-likeness (QED) is 0.875. The van der Waals surface area contributed by atoms with Crippen molar-refractivity contribution in [2.24, 2.45) is 5.18 Å². The lowest BCUT2D eigenvalue weighted by Gasteiger charge is -2.15. The number of hydrogen-bond donors (Lipinski definition) is 1. The second-order valence-corrected chi connectivity index (χ2v) is 5.32. The van der Waals surface area contributed by atoms with Gasteiger partial charge >= 0.3 is 0 Å². The minimum Gasteiger partial charge on any atom is -0.352 e. The van der Waals surface area contributed by atoms with E-state index in [2.05, 4.69) is 10.5 Å². The summed E-state index contributed by atoms with van der Waals surface area (Å²) in [5.41, 5.74) is -0.0664. The van der Waals surface area contributed by atoms with Gasteiger partial charge in [-0.2, -0.15) is 0 Å². The van der Waals surface area contributed by atoms with E-state index in [0.29, 0.717) is 10.8 Å². The van der Waals surface area contributed by atoms with Crippen molar-refractivity contribution in [2.75, 3.05) is 0 Å². The van der Waals surface area contributed by atoms with Gasteiger partial charge in [0.05, 0.1) is 0 Å². The molecule has 0 saturated heterocycles. The van der Waals surface area contributed by atoms with Gasteiger partial charge in [-0.3, -0.25) is 9.59 Å². The Morgan fingerprint density at radius 1 is 1.33 bits per heavy atom. The number of carbonyl (C=O) groups excluding carboxylic acids is 1. The SMILES string of the molecule is C[C@H](C(=O)NC1CC1)n1ccc2c(N=O)cccc2c1=O. The molecule has 2 aromatic rings.